The molecule has 6 heteroatoms. The second-order valence-electron chi connectivity index (χ2n) is 3.86. The van der Waals surface area contributed by atoms with E-state index < -0.39 is 18.3 Å². The van der Waals surface area contributed by atoms with Crippen LogP contribution in [0.1, 0.15) is 5.56 Å². The molecule has 1 N–H and O–H groups in total. The summed E-state index contributed by atoms with van der Waals surface area (Å²) in [6.45, 7) is 0. The number of aliphatic carboxylic acids is 1. The number of carboxylic acids is 1. The quantitative estimate of drug-likeness (QED) is 0.890. The number of benzene rings is 1. The Morgan fingerprint density at radius 2 is 2.24 bits per heavy atom. The molecular weight excluding hydrogens is 230 g/mol. The zero-order valence-corrected chi connectivity index (χ0v) is 9.02. The van der Waals surface area contributed by atoms with Gasteiger partial charge in [0.2, 0.25) is 0 Å². The van der Waals surface area contributed by atoms with Crippen molar-refractivity contribution in [1.82, 2.24) is 9.55 Å². The van der Waals surface area contributed by atoms with Gasteiger partial charge in [-0.25, -0.2) is 9.78 Å². The van der Waals surface area contributed by atoms with Gasteiger partial charge in [0.25, 0.3) is 0 Å². The molecule has 1 aromatic heterocycles. The van der Waals surface area contributed by atoms with Crippen LogP contribution in [-0.4, -0.2) is 26.5 Å². The van der Waals surface area contributed by atoms with Gasteiger partial charge < -0.3 is 9.67 Å². The fourth-order valence-corrected chi connectivity index (χ4v) is 1.62. The molecule has 0 fully saturated rings. The second kappa shape index (κ2) is 3.80. The molecule has 2 aromatic rings. The molecule has 0 aliphatic rings. The van der Waals surface area contributed by atoms with Crippen molar-refractivity contribution in [2.45, 2.75) is 12.3 Å². The minimum absolute atomic E-state index is 0.253. The van der Waals surface area contributed by atoms with E-state index >= 15 is 0 Å². The van der Waals surface area contributed by atoms with Crippen LogP contribution < -0.4 is 0 Å². The number of fused-ring (bicyclic) bond motifs is 1. The largest absolute Gasteiger partial charge is 0.477 e. The molecule has 0 aliphatic carbocycles. The highest BCUT2D eigenvalue weighted by atomic mass is 19.3. The Bertz CT molecular complexity index is 578. The molecule has 0 aliphatic heterocycles. The van der Waals surface area contributed by atoms with Crippen LogP contribution in [0.15, 0.2) is 24.5 Å². The van der Waals surface area contributed by atoms with Crippen molar-refractivity contribution in [2.24, 2.45) is 7.05 Å². The number of nitrogens with zero attached hydrogens (tertiary/aromatic N) is 2. The van der Waals surface area contributed by atoms with E-state index in [4.69, 9.17) is 5.11 Å². The predicted molar refractivity (Wildman–Crippen MR) is 57.0 cm³/mol. The number of halogens is 2. The number of imidazole rings is 1. The zero-order chi connectivity index (χ0) is 12.6. The van der Waals surface area contributed by atoms with Crippen molar-refractivity contribution >= 4 is 17.0 Å². The summed E-state index contributed by atoms with van der Waals surface area (Å²) in [7, 11) is 1.79. The minimum atomic E-state index is -3.75. The molecular formula is C11H10F2N2O2. The molecule has 1 aromatic carbocycles. The summed E-state index contributed by atoms with van der Waals surface area (Å²) in [5.74, 6) is -5.86. The normalized spacial score (nSPS) is 11.9. The van der Waals surface area contributed by atoms with Crippen molar-refractivity contribution in [3.63, 3.8) is 0 Å². The van der Waals surface area contributed by atoms with E-state index in [2.05, 4.69) is 4.98 Å². The maximum Gasteiger partial charge on any atom is 0.374 e. The van der Waals surface area contributed by atoms with Crippen LogP contribution in [0, 0.1) is 0 Å². The van der Waals surface area contributed by atoms with Crippen LogP contribution in [0.2, 0.25) is 0 Å². The fourth-order valence-electron chi connectivity index (χ4n) is 1.62. The molecule has 90 valence electrons. The first-order chi connectivity index (χ1) is 7.90. The Morgan fingerprint density at radius 3 is 2.88 bits per heavy atom. The third-order valence-corrected chi connectivity index (χ3v) is 2.53. The van der Waals surface area contributed by atoms with Gasteiger partial charge >= 0.3 is 11.9 Å². The SMILES string of the molecule is Cn1cnc2cc(CC(F)(F)C(=O)O)ccc21. The van der Waals surface area contributed by atoms with E-state index in [0.717, 1.165) is 5.52 Å². The summed E-state index contributed by atoms with van der Waals surface area (Å²) < 4.78 is 27.8. The van der Waals surface area contributed by atoms with E-state index in [1.165, 1.54) is 12.1 Å². The minimum Gasteiger partial charge on any atom is -0.477 e. The number of carboxylic acid groups (broad SMARTS) is 1. The average Bonchev–Trinajstić information content (AvgIpc) is 2.59. The van der Waals surface area contributed by atoms with Gasteiger partial charge in [-0.15, -0.1) is 0 Å². The molecule has 0 saturated carbocycles. The Hall–Kier alpha value is -1.98. The molecule has 0 saturated heterocycles. The van der Waals surface area contributed by atoms with Crippen molar-refractivity contribution < 1.29 is 18.7 Å². The topological polar surface area (TPSA) is 55.1 Å². The Labute approximate surface area is 95.5 Å². The summed E-state index contributed by atoms with van der Waals surface area (Å²) in [6.07, 6.45) is 0.749. The van der Waals surface area contributed by atoms with Gasteiger partial charge in [-0.1, -0.05) is 6.07 Å². The van der Waals surface area contributed by atoms with Gasteiger partial charge in [-0.05, 0) is 17.7 Å². The van der Waals surface area contributed by atoms with E-state index in [9.17, 15) is 13.6 Å². The lowest BCUT2D eigenvalue weighted by Crippen LogP contribution is -2.30. The summed E-state index contributed by atoms with van der Waals surface area (Å²) in [6, 6.07) is 4.61. The van der Waals surface area contributed by atoms with E-state index in [0.29, 0.717) is 5.52 Å². The van der Waals surface area contributed by atoms with Gasteiger partial charge in [0.05, 0.1) is 17.4 Å². The Balaban J connectivity index is 2.34. The highest BCUT2D eigenvalue weighted by Gasteiger charge is 2.38. The van der Waals surface area contributed by atoms with E-state index in [1.807, 2.05) is 0 Å². The smallest absolute Gasteiger partial charge is 0.374 e. The Kier molecular flexibility index (Phi) is 2.57. The third kappa shape index (κ3) is 2.11. The maximum absolute atomic E-state index is 13.0. The van der Waals surface area contributed by atoms with Crippen molar-refractivity contribution in [3.8, 4) is 0 Å². The number of hydrogen-bond donors (Lipinski definition) is 1. The molecule has 0 radical (unpaired) electrons. The number of aryl methyl sites for hydroxylation is 1. The molecule has 0 spiro atoms. The van der Waals surface area contributed by atoms with Crippen LogP contribution in [0.4, 0.5) is 8.78 Å². The monoisotopic (exact) mass is 240 g/mol. The van der Waals surface area contributed by atoms with Crippen molar-refractivity contribution in [3.05, 3.63) is 30.1 Å². The first kappa shape index (κ1) is 11.5. The van der Waals surface area contributed by atoms with Crippen molar-refractivity contribution in [2.75, 3.05) is 0 Å². The molecule has 0 unspecified atom stereocenters. The van der Waals surface area contributed by atoms with E-state index in [-0.39, 0.29) is 5.56 Å². The summed E-state index contributed by atoms with van der Waals surface area (Å²) in [5.41, 5.74) is 1.64. The number of hydrogen-bond acceptors (Lipinski definition) is 2. The number of aromatic nitrogens is 2. The van der Waals surface area contributed by atoms with Gasteiger partial charge in [0.1, 0.15) is 0 Å². The lowest BCUT2D eigenvalue weighted by molar-refractivity contribution is -0.164. The number of rotatable bonds is 3. The van der Waals surface area contributed by atoms with Crippen LogP contribution in [0.25, 0.3) is 11.0 Å². The van der Waals surface area contributed by atoms with Crippen LogP contribution in [-0.2, 0) is 18.3 Å². The first-order valence-corrected chi connectivity index (χ1v) is 4.91. The molecule has 4 nitrogen and oxygen atoms in total. The van der Waals surface area contributed by atoms with Gasteiger partial charge in [0.15, 0.2) is 0 Å². The first-order valence-electron chi connectivity index (χ1n) is 4.91. The standard InChI is InChI=1S/C11H10F2N2O2/c1-15-6-14-8-4-7(2-3-9(8)15)5-11(12,13)10(16)17/h2-4,6H,5H2,1H3,(H,16,17). The lowest BCUT2D eigenvalue weighted by atomic mass is 10.1. The third-order valence-electron chi connectivity index (χ3n) is 2.53. The summed E-state index contributed by atoms with van der Waals surface area (Å²) in [4.78, 5) is 14.3. The van der Waals surface area contributed by atoms with Crippen LogP contribution in [0.3, 0.4) is 0 Å². The molecule has 0 atom stereocenters. The second-order valence-corrected chi connectivity index (χ2v) is 3.86. The maximum atomic E-state index is 13.0. The number of carbonyl (C=O) groups is 1. The van der Waals surface area contributed by atoms with E-state index in [1.54, 1.807) is 24.0 Å². The molecule has 17 heavy (non-hydrogen) atoms. The summed E-state index contributed by atoms with van der Waals surface area (Å²) in [5, 5.41) is 8.35. The van der Waals surface area contributed by atoms with Crippen LogP contribution >= 0.6 is 0 Å². The number of alkyl halides is 2. The zero-order valence-electron chi connectivity index (χ0n) is 9.02. The molecule has 0 bridgehead atoms. The molecule has 1 heterocycles. The van der Waals surface area contributed by atoms with Gasteiger partial charge in [-0.2, -0.15) is 8.78 Å². The van der Waals surface area contributed by atoms with Crippen LogP contribution in [0.5, 0.6) is 0 Å². The summed E-state index contributed by atoms with van der Waals surface area (Å²) >= 11 is 0. The lowest BCUT2D eigenvalue weighted by Gasteiger charge is -2.10. The predicted octanol–water partition coefficient (Wildman–Crippen LogP) is 1.84. The molecule has 0 amide bonds. The van der Waals surface area contributed by atoms with Gasteiger partial charge in [-0.3, -0.25) is 0 Å². The Morgan fingerprint density at radius 1 is 1.53 bits per heavy atom. The highest BCUT2D eigenvalue weighted by Crippen LogP contribution is 2.22. The van der Waals surface area contributed by atoms with Crippen molar-refractivity contribution in [1.29, 1.82) is 0 Å². The fraction of sp³-hybridized carbons (Fsp3) is 0.273. The average molecular weight is 240 g/mol. The highest BCUT2D eigenvalue weighted by molar-refractivity contribution is 5.78. The van der Waals surface area contributed by atoms with Gasteiger partial charge in [0, 0.05) is 13.5 Å². The molecule has 2 rings (SSSR count).